The summed E-state index contributed by atoms with van der Waals surface area (Å²) in [4.78, 5) is 39.6. The Morgan fingerprint density at radius 1 is 1.17 bits per heavy atom. The number of hydrazine groups is 1. The third-order valence-corrected chi connectivity index (χ3v) is 5.19. The van der Waals surface area contributed by atoms with Crippen LogP contribution in [0.1, 0.15) is 57.1 Å². The molecular formula is C22H37BN6O6. The van der Waals surface area contributed by atoms with Gasteiger partial charge in [0.15, 0.2) is 5.03 Å². The number of amides is 2. The van der Waals surface area contributed by atoms with E-state index in [1.807, 2.05) is 45.0 Å². The molecule has 0 aliphatic carbocycles. The lowest BCUT2D eigenvalue weighted by Gasteiger charge is -2.24. The minimum Gasteiger partial charge on any atom is -0.426 e. The number of carbonyl (C=O) groups excluding carboxylic acids is 2. The van der Waals surface area contributed by atoms with Gasteiger partial charge in [-0.25, -0.2) is 15.1 Å². The number of aliphatic imine (C=N–C) groups is 1. The SMILES string of the molecule is Cc1ccc(CCCC(=O)N[C@@H](CCCN=C(N)N[N+](=O)[O-])C(=O)N[C@@H](CC(C)C)B(O)O)cc1. The summed E-state index contributed by atoms with van der Waals surface area (Å²) in [5.74, 6) is -2.00. The highest BCUT2D eigenvalue weighted by molar-refractivity contribution is 6.43. The van der Waals surface area contributed by atoms with Gasteiger partial charge in [-0.3, -0.25) is 9.59 Å². The van der Waals surface area contributed by atoms with E-state index in [1.165, 1.54) is 0 Å². The van der Waals surface area contributed by atoms with Gasteiger partial charge in [-0.15, -0.1) is 0 Å². The van der Waals surface area contributed by atoms with Crippen LogP contribution in [0.2, 0.25) is 0 Å². The summed E-state index contributed by atoms with van der Waals surface area (Å²) in [6.45, 7) is 5.87. The quantitative estimate of drug-likeness (QED) is 0.0500. The minimum absolute atomic E-state index is 0.0950. The maximum absolute atomic E-state index is 12.9. The highest BCUT2D eigenvalue weighted by Crippen LogP contribution is 2.09. The molecule has 2 atom stereocenters. The van der Waals surface area contributed by atoms with Gasteiger partial charge in [-0.1, -0.05) is 49.1 Å². The van der Waals surface area contributed by atoms with Crippen molar-refractivity contribution in [3.8, 4) is 0 Å². The van der Waals surface area contributed by atoms with E-state index >= 15 is 0 Å². The topological polar surface area (TPSA) is 192 Å². The molecule has 1 rings (SSSR count). The molecule has 0 saturated heterocycles. The summed E-state index contributed by atoms with van der Waals surface area (Å²) in [6.07, 6.45) is 2.36. The Morgan fingerprint density at radius 3 is 2.40 bits per heavy atom. The summed E-state index contributed by atoms with van der Waals surface area (Å²) >= 11 is 0. The summed E-state index contributed by atoms with van der Waals surface area (Å²) in [6, 6.07) is 7.11. The fraction of sp³-hybridized carbons (Fsp3) is 0.591. The molecule has 0 aromatic heterocycles. The molecule has 0 saturated carbocycles. The lowest BCUT2D eigenvalue weighted by molar-refractivity contribution is -0.525. The van der Waals surface area contributed by atoms with Gasteiger partial charge in [0.25, 0.3) is 5.96 Å². The van der Waals surface area contributed by atoms with Crippen LogP contribution in [0.15, 0.2) is 29.3 Å². The van der Waals surface area contributed by atoms with Crippen molar-refractivity contribution in [3.05, 3.63) is 45.5 Å². The number of aryl methyl sites for hydroxylation is 2. The minimum atomic E-state index is -1.75. The molecule has 0 aliphatic rings. The number of hydrogen-bond acceptors (Lipinski definition) is 7. The Kier molecular flexibility index (Phi) is 13.4. The highest BCUT2D eigenvalue weighted by atomic mass is 16.7. The molecule has 13 heteroatoms. The Morgan fingerprint density at radius 2 is 1.83 bits per heavy atom. The van der Waals surface area contributed by atoms with E-state index in [9.17, 15) is 29.8 Å². The molecule has 1 aromatic carbocycles. The molecule has 0 aliphatic heterocycles. The molecule has 0 unspecified atom stereocenters. The number of hydrogen-bond donors (Lipinski definition) is 6. The first-order valence-electron chi connectivity index (χ1n) is 11.7. The molecule has 0 fully saturated rings. The van der Waals surface area contributed by atoms with Crippen LogP contribution in [0.3, 0.4) is 0 Å². The van der Waals surface area contributed by atoms with Crippen LogP contribution in [-0.4, -0.2) is 58.5 Å². The van der Waals surface area contributed by atoms with Gasteiger partial charge in [0.1, 0.15) is 6.04 Å². The number of guanidine groups is 1. The zero-order chi connectivity index (χ0) is 26.4. The van der Waals surface area contributed by atoms with Gasteiger partial charge in [0, 0.05) is 13.0 Å². The van der Waals surface area contributed by atoms with Crippen LogP contribution in [0, 0.1) is 23.0 Å². The van der Waals surface area contributed by atoms with Crippen LogP contribution in [0.5, 0.6) is 0 Å². The largest absolute Gasteiger partial charge is 0.475 e. The Balaban J connectivity index is 2.72. The molecule has 0 heterocycles. The van der Waals surface area contributed by atoms with E-state index in [0.29, 0.717) is 19.3 Å². The zero-order valence-corrected chi connectivity index (χ0v) is 20.6. The summed E-state index contributed by atoms with van der Waals surface area (Å²) in [5, 5.41) is 34.1. The number of nitrogens with zero attached hydrogens (tertiary/aromatic N) is 2. The molecule has 12 nitrogen and oxygen atoms in total. The number of nitrogens with one attached hydrogen (secondary N) is 3. The average molecular weight is 492 g/mol. The van der Waals surface area contributed by atoms with E-state index in [0.717, 1.165) is 17.5 Å². The van der Waals surface area contributed by atoms with Crippen molar-refractivity contribution in [2.24, 2.45) is 16.6 Å². The van der Waals surface area contributed by atoms with E-state index < -0.39 is 30.0 Å². The fourth-order valence-corrected chi connectivity index (χ4v) is 3.41. The summed E-state index contributed by atoms with van der Waals surface area (Å²) < 4.78 is 0. The zero-order valence-electron chi connectivity index (χ0n) is 20.6. The molecule has 0 radical (unpaired) electrons. The van der Waals surface area contributed by atoms with Crippen LogP contribution in [0.25, 0.3) is 0 Å². The van der Waals surface area contributed by atoms with Crippen molar-refractivity contribution >= 4 is 24.9 Å². The van der Waals surface area contributed by atoms with Gasteiger partial charge in [0.2, 0.25) is 11.8 Å². The van der Waals surface area contributed by atoms with Crippen LogP contribution >= 0.6 is 0 Å². The molecule has 0 bridgehead atoms. The number of benzene rings is 1. The van der Waals surface area contributed by atoms with Gasteiger partial charge in [0.05, 0.1) is 5.94 Å². The second-order valence-corrected chi connectivity index (χ2v) is 8.90. The van der Waals surface area contributed by atoms with E-state index in [4.69, 9.17) is 5.73 Å². The summed E-state index contributed by atoms with van der Waals surface area (Å²) in [7, 11) is -1.75. The van der Waals surface area contributed by atoms with Crippen molar-refractivity contribution in [1.82, 2.24) is 16.1 Å². The molecule has 0 spiro atoms. The van der Waals surface area contributed by atoms with Crippen LogP contribution in [-0.2, 0) is 16.0 Å². The predicted octanol–water partition coefficient (Wildman–Crippen LogP) is 0.222. The lowest BCUT2D eigenvalue weighted by atomic mass is 9.75. The third kappa shape index (κ3) is 13.3. The second kappa shape index (κ2) is 15.7. The normalized spacial score (nSPS) is 13.1. The van der Waals surface area contributed by atoms with Crippen molar-refractivity contribution < 1.29 is 24.7 Å². The van der Waals surface area contributed by atoms with Gasteiger partial charge < -0.3 is 26.4 Å². The van der Waals surface area contributed by atoms with Crippen molar-refractivity contribution in [3.63, 3.8) is 0 Å². The van der Waals surface area contributed by atoms with Crippen molar-refractivity contribution in [1.29, 1.82) is 0 Å². The Hall–Kier alpha value is -3.19. The number of nitrogens with two attached hydrogens (primary N) is 1. The van der Waals surface area contributed by atoms with Crippen LogP contribution in [0.4, 0.5) is 0 Å². The number of carbonyl (C=O) groups is 2. The Bertz CT molecular complexity index is 849. The van der Waals surface area contributed by atoms with E-state index in [2.05, 4.69) is 15.6 Å². The monoisotopic (exact) mass is 492 g/mol. The molecule has 7 N–H and O–H groups in total. The molecule has 194 valence electrons. The first kappa shape index (κ1) is 29.8. The van der Waals surface area contributed by atoms with Gasteiger partial charge in [-0.2, -0.15) is 0 Å². The molecule has 2 amide bonds. The Labute approximate surface area is 206 Å². The molecular weight excluding hydrogens is 455 g/mol. The lowest BCUT2D eigenvalue weighted by Crippen LogP contribution is -2.54. The first-order valence-corrected chi connectivity index (χ1v) is 11.7. The van der Waals surface area contributed by atoms with E-state index in [-0.39, 0.29) is 37.2 Å². The first-order chi connectivity index (χ1) is 16.5. The third-order valence-electron chi connectivity index (χ3n) is 5.19. The number of rotatable bonds is 15. The van der Waals surface area contributed by atoms with Gasteiger partial charge >= 0.3 is 7.12 Å². The second-order valence-electron chi connectivity index (χ2n) is 8.90. The van der Waals surface area contributed by atoms with E-state index in [1.54, 1.807) is 5.43 Å². The maximum Gasteiger partial charge on any atom is 0.475 e. The average Bonchev–Trinajstić information content (AvgIpc) is 2.75. The fourth-order valence-electron chi connectivity index (χ4n) is 3.41. The highest BCUT2D eigenvalue weighted by Gasteiger charge is 2.29. The van der Waals surface area contributed by atoms with Crippen molar-refractivity contribution in [2.75, 3.05) is 6.54 Å². The van der Waals surface area contributed by atoms with Crippen LogP contribution < -0.4 is 21.8 Å². The smallest absolute Gasteiger partial charge is 0.426 e. The molecule has 35 heavy (non-hydrogen) atoms. The standard InChI is InChI=1S/C22H37BN6O6/c1-15(2)14-19(23(32)33)27-21(31)18(7-5-13-25-22(24)28-29(34)35)26-20(30)8-4-6-17-11-9-16(3)10-12-17/h9-12,15,18-19,32-33H,4-8,13-14H2,1-3H3,(H,26,30)(H,27,31)(H3,24,25,28)/t18-,19-/m0/s1. The van der Waals surface area contributed by atoms with Crippen molar-refractivity contribution in [2.45, 2.75) is 71.3 Å². The number of nitro groups is 1. The predicted molar refractivity (Wildman–Crippen MR) is 133 cm³/mol. The summed E-state index contributed by atoms with van der Waals surface area (Å²) in [5.41, 5.74) is 9.38. The molecule has 1 aromatic rings. The maximum atomic E-state index is 12.9. The van der Waals surface area contributed by atoms with Gasteiger partial charge in [-0.05, 0) is 50.5 Å².